The van der Waals surface area contributed by atoms with Crippen LogP contribution in [-0.2, 0) is 6.42 Å². The van der Waals surface area contributed by atoms with E-state index in [1.807, 2.05) is 18.2 Å². The fourth-order valence-corrected chi connectivity index (χ4v) is 2.37. The number of pyridine rings is 1. The molecule has 0 bridgehead atoms. The zero-order valence-electron chi connectivity index (χ0n) is 11.1. The Morgan fingerprint density at radius 2 is 1.85 bits per heavy atom. The Labute approximate surface area is 128 Å². The molecule has 0 radical (unpaired) electrons. The second-order valence-electron chi connectivity index (χ2n) is 4.33. The number of hydrazine groups is 1. The first-order chi connectivity index (χ1) is 9.65. The van der Waals surface area contributed by atoms with Gasteiger partial charge in [-0.15, -0.1) is 0 Å². The summed E-state index contributed by atoms with van der Waals surface area (Å²) in [6.45, 7) is 2.14. The normalized spacial score (nSPS) is 10.4. The predicted molar refractivity (Wildman–Crippen MR) is 85.8 cm³/mol. The van der Waals surface area contributed by atoms with Gasteiger partial charge in [0.25, 0.3) is 0 Å². The van der Waals surface area contributed by atoms with E-state index in [4.69, 9.17) is 29.0 Å². The second-order valence-corrected chi connectivity index (χ2v) is 5.14. The molecule has 106 valence electrons. The number of nitrogen functional groups attached to an aromatic ring is 1. The molecule has 0 aliphatic rings. The fraction of sp³-hybridized carbons (Fsp3) is 0.214. The van der Waals surface area contributed by atoms with Gasteiger partial charge in [-0.1, -0.05) is 54.7 Å². The maximum Gasteiger partial charge on any atom is 0.161 e. The van der Waals surface area contributed by atoms with E-state index in [0.29, 0.717) is 21.7 Å². The number of aromatic nitrogens is 1. The van der Waals surface area contributed by atoms with Gasteiger partial charge in [0.1, 0.15) is 0 Å². The summed E-state index contributed by atoms with van der Waals surface area (Å²) in [5, 5.41) is 4.05. The monoisotopic (exact) mass is 310 g/mol. The number of halogens is 2. The van der Waals surface area contributed by atoms with Gasteiger partial charge in [0.15, 0.2) is 11.6 Å². The molecule has 2 rings (SSSR count). The van der Waals surface area contributed by atoms with E-state index in [0.717, 1.165) is 18.5 Å². The molecule has 1 aromatic heterocycles. The van der Waals surface area contributed by atoms with Crippen LogP contribution in [0.3, 0.4) is 0 Å². The summed E-state index contributed by atoms with van der Waals surface area (Å²) in [6, 6.07) is 9.66. The average molecular weight is 311 g/mol. The molecule has 1 heterocycles. The molecule has 0 aliphatic carbocycles. The third-order valence-electron chi connectivity index (χ3n) is 2.86. The van der Waals surface area contributed by atoms with Crippen molar-refractivity contribution in [1.82, 2.24) is 4.98 Å². The quantitative estimate of drug-likeness (QED) is 0.567. The number of para-hydroxylation sites is 1. The summed E-state index contributed by atoms with van der Waals surface area (Å²) < 4.78 is 0. The second kappa shape index (κ2) is 6.79. The minimum Gasteiger partial charge on any atom is -0.339 e. The van der Waals surface area contributed by atoms with E-state index in [-0.39, 0.29) is 0 Å². The van der Waals surface area contributed by atoms with Crippen molar-refractivity contribution in [2.45, 2.75) is 19.8 Å². The summed E-state index contributed by atoms with van der Waals surface area (Å²) >= 11 is 12.1. The summed E-state index contributed by atoms with van der Waals surface area (Å²) in [6.07, 6.45) is 2.05. The van der Waals surface area contributed by atoms with Gasteiger partial charge in [0.2, 0.25) is 0 Å². The first kappa shape index (κ1) is 14.9. The lowest BCUT2D eigenvalue weighted by molar-refractivity contribution is 0.923. The van der Waals surface area contributed by atoms with Crippen molar-refractivity contribution in [1.29, 1.82) is 0 Å². The highest BCUT2D eigenvalue weighted by atomic mass is 35.5. The average Bonchev–Trinajstić information content (AvgIpc) is 2.44. The maximum atomic E-state index is 6.16. The van der Waals surface area contributed by atoms with Crippen LogP contribution in [-0.4, -0.2) is 4.98 Å². The zero-order valence-corrected chi connectivity index (χ0v) is 12.6. The van der Waals surface area contributed by atoms with E-state index >= 15 is 0 Å². The third kappa shape index (κ3) is 3.33. The summed E-state index contributed by atoms with van der Waals surface area (Å²) in [7, 11) is 0. The number of nitrogens with zero attached hydrogens (tertiary/aromatic N) is 1. The van der Waals surface area contributed by atoms with Crippen LogP contribution < -0.4 is 16.6 Å². The Morgan fingerprint density at radius 1 is 1.15 bits per heavy atom. The van der Waals surface area contributed by atoms with E-state index in [2.05, 4.69) is 28.7 Å². The molecule has 4 nitrogen and oxygen atoms in total. The molecule has 0 aliphatic heterocycles. The van der Waals surface area contributed by atoms with Crippen molar-refractivity contribution in [3.05, 3.63) is 45.9 Å². The Hall–Kier alpha value is -1.49. The van der Waals surface area contributed by atoms with Crippen LogP contribution in [0.1, 0.15) is 18.9 Å². The summed E-state index contributed by atoms with van der Waals surface area (Å²) in [4.78, 5) is 4.28. The molecule has 0 spiro atoms. The van der Waals surface area contributed by atoms with E-state index in [9.17, 15) is 0 Å². The van der Waals surface area contributed by atoms with E-state index in [1.54, 1.807) is 6.07 Å². The van der Waals surface area contributed by atoms with Crippen molar-refractivity contribution in [3.63, 3.8) is 0 Å². The number of anilines is 3. The molecule has 6 heteroatoms. The standard InChI is InChI=1S/C14H16Cl2N4/c1-2-5-9-6-3-4-7-12(9)18-13-10(15)8-11(16)14(19-13)20-17/h3-4,6-8H,2,5,17H2,1H3,(H2,18,19,20). The van der Waals surface area contributed by atoms with Crippen molar-refractivity contribution < 1.29 is 0 Å². The smallest absolute Gasteiger partial charge is 0.161 e. The minimum atomic E-state index is 0.380. The molecule has 2 aromatic rings. The first-order valence-corrected chi connectivity index (χ1v) is 7.09. The van der Waals surface area contributed by atoms with Crippen LogP contribution in [0.2, 0.25) is 10.0 Å². The molecule has 1 aromatic carbocycles. The molecular weight excluding hydrogens is 295 g/mol. The topological polar surface area (TPSA) is 63.0 Å². The summed E-state index contributed by atoms with van der Waals surface area (Å²) in [5.41, 5.74) is 4.64. The van der Waals surface area contributed by atoms with Crippen molar-refractivity contribution in [3.8, 4) is 0 Å². The van der Waals surface area contributed by atoms with Gasteiger partial charge < -0.3 is 10.7 Å². The van der Waals surface area contributed by atoms with Gasteiger partial charge in [-0.25, -0.2) is 10.8 Å². The number of rotatable bonds is 5. The highest BCUT2D eigenvalue weighted by Gasteiger charge is 2.10. The number of aryl methyl sites for hydroxylation is 1. The number of hydrogen-bond donors (Lipinski definition) is 3. The van der Waals surface area contributed by atoms with Gasteiger partial charge in [-0.2, -0.15) is 0 Å². The maximum absolute atomic E-state index is 6.16. The third-order valence-corrected chi connectivity index (χ3v) is 3.43. The Kier molecular flexibility index (Phi) is 5.06. The van der Waals surface area contributed by atoms with Crippen LogP contribution >= 0.6 is 23.2 Å². The molecule has 0 atom stereocenters. The number of hydrogen-bond acceptors (Lipinski definition) is 4. The van der Waals surface area contributed by atoms with Crippen molar-refractivity contribution >= 4 is 40.5 Å². The van der Waals surface area contributed by atoms with Gasteiger partial charge in [0.05, 0.1) is 10.0 Å². The van der Waals surface area contributed by atoms with Crippen molar-refractivity contribution in [2.24, 2.45) is 5.84 Å². The molecule has 0 saturated heterocycles. The van der Waals surface area contributed by atoms with Crippen LogP contribution in [0, 0.1) is 0 Å². The Morgan fingerprint density at radius 3 is 2.55 bits per heavy atom. The van der Waals surface area contributed by atoms with Crippen LogP contribution in [0.4, 0.5) is 17.3 Å². The first-order valence-electron chi connectivity index (χ1n) is 6.33. The fourth-order valence-electron chi connectivity index (χ4n) is 1.91. The van der Waals surface area contributed by atoms with Gasteiger partial charge in [-0.3, -0.25) is 0 Å². The number of nitrogens with two attached hydrogens (primary N) is 1. The Balaban J connectivity index is 2.35. The molecule has 20 heavy (non-hydrogen) atoms. The van der Waals surface area contributed by atoms with Gasteiger partial charge in [-0.05, 0) is 24.1 Å². The Bertz CT molecular complexity index is 602. The van der Waals surface area contributed by atoms with Crippen molar-refractivity contribution in [2.75, 3.05) is 10.7 Å². The van der Waals surface area contributed by atoms with E-state index in [1.165, 1.54) is 5.56 Å². The van der Waals surface area contributed by atoms with E-state index < -0.39 is 0 Å². The van der Waals surface area contributed by atoms with Crippen LogP contribution in [0.25, 0.3) is 0 Å². The molecule has 0 saturated carbocycles. The molecule has 0 unspecified atom stereocenters. The lowest BCUT2D eigenvalue weighted by atomic mass is 10.1. The lowest BCUT2D eigenvalue weighted by Gasteiger charge is -2.13. The molecular formula is C14H16Cl2N4. The predicted octanol–water partition coefficient (Wildman–Crippen LogP) is 4.37. The van der Waals surface area contributed by atoms with Gasteiger partial charge in [0, 0.05) is 5.69 Å². The molecule has 0 fully saturated rings. The van der Waals surface area contributed by atoms with Gasteiger partial charge >= 0.3 is 0 Å². The minimum absolute atomic E-state index is 0.380. The molecule has 4 N–H and O–H groups in total. The highest BCUT2D eigenvalue weighted by molar-refractivity contribution is 6.37. The SMILES string of the molecule is CCCc1ccccc1Nc1nc(NN)c(Cl)cc1Cl. The lowest BCUT2D eigenvalue weighted by Crippen LogP contribution is -2.10. The van der Waals surface area contributed by atoms with Crippen LogP contribution in [0.5, 0.6) is 0 Å². The van der Waals surface area contributed by atoms with Crippen LogP contribution in [0.15, 0.2) is 30.3 Å². The largest absolute Gasteiger partial charge is 0.339 e. The summed E-state index contributed by atoms with van der Waals surface area (Å²) in [5.74, 6) is 6.27. The highest BCUT2D eigenvalue weighted by Crippen LogP contribution is 2.31. The number of benzene rings is 1. The number of nitrogens with one attached hydrogen (secondary N) is 2. The molecule has 0 amide bonds. The zero-order chi connectivity index (χ0) is 14.5.